The van der Waals surface area contributed by atoms with Gasteiger partial charge in [-0.3, -0.25) is 10.1 Å². The second-order valence-electron chi connectivity index (χ2n) is 3.22. The van der Waals surface area contributed by atoms with E-state index in [1.165, 1.54) is 0 Å². The molecule has 3 N–H and O–H groups in total. The topological polar surface area (TPSA) is 69.6 Å². The molecule has 0 aliphatic rings. The van der Waals surface area contributed by atoms with Crippen LogP contribution in [-0.4, -0.2) is 34.4 Å². The number of rotatable bonds is 5. The second kappa shape index (κ2) is 4.42. The number of aliphatic hydroxyl groups excluding tert-OH is 1. The number of hydrogen-bond acceptors (Lipinski definition) is 3. The highest BCUT2D eigenvalue weighted by Crippen LogP contribution is 2.09. The lowest BCUT2D eigenvalue weighted by Gasteiger charge is -2.27. The predicted molar refractivity (Wildman–Crippen MR) is 46.0 cm³/mol. The van der Waals surface area contributed by atoms with E-state index in [1.807, 2.05) is 0 Å². The molecule has 0 saturated carbocycles. The number of aliphatic carboxylic acids is 1. The number of nitrogens with one attached hydrogen (secondary N) is 1. The average molecular weight is 175 g/mol. The lowest BCUT2D eigenvalue weighted by Crippen LogP contribution is -2.53. The van der Waals surface area contributed by atoms with Crippen LogP contribution < -0.4 is 5.32 Å². The van der Waals surface area contributed by atoms with E-state index in [0.717, 1.165) is 0 Å². The molecule has 0 aliphatic heterocycles. The summed E-state index contributed by atoms with van der Waals surface area (Å²) in [7, 11) is 0. The minimum absolute atomic E-state index is 0.0527. The molecule has 2 atom stereocenters. The molecule has 0 rings (SSSR count). The summed E-state index contributed by atoms with van der Waals surface area (Å²) in [5, 5.41) is 20.4. The molecule has 0 radical (unpaired) electrons. The molecule has 0 amide bonds. The second-order valence-corrected chi connectivity index (χ2v) is 3.22. The van der Waals surface area contributed by atoms with E-state index in [9.17, 15) is 4.79 Å². The average Bonchev–Trinajstić information content (AvgIpc) is 2.03. The summed E-state index contributed by atoms with van der Waals surface area (Å²) in [5.74, 6) is -0.884. The first-order chi connectivity index (χ1) is 5.46. The van der Waals surface area contributed by atoms with Crippen LogP contribution in [0.5, 0.6) is 0 Å². The first-order valence-electron chi connectivity index (χ1n) is 4.08. The molecule has 0 saturated heterocycles. The molecule has 0 fully saturated rings. The van der Waals surface area contributed by atoms with Gasteiger partial charge in [-0.25, -0.2) is 0 Å². The molecule has 0 aliphatic carbocycles. The molecule has 4 nitrogen and oxygen atoms in total. The highest BCUT2D eigenvalue weighted by atomic mass is 16.4. The smallest absolute Gasteiger partial charge is 0.323 e. The predicted octanol–water partition coefficient (Wildman–Crippen LogP) is 0.210. The summed E-state index contributed by atoms with van der Waals surface area (Å²) in [6.45, 7) is 5.10. The highest BCUT2D eigenvalue weighted by molar-refractivity contribution is 5.78. The van der Waals surface area contributed by atoms with E-state index in [0.29, 0.717) is 6.42 Å². The zero-order chi connectivity index (χ0) is 9.78. The van der Waals surface area contributed by atoms with Crippen LogP contribution in [0.1, 0.15) is 27.2 Å². The molecule has 0 aromatic rings. The van der Waals surface area contributed by atoms with E-state index in [2.05, 4.69) is 5.32 Å². The van der Waals surface area contributed by atoms with Crippen molar-refractivity contribution in [1.29, 1.82) is 0 Å². The first-order valence-corrected chi connectivity index (χ1v) is 4.08. The SMILES string of the molecule is CCC(C)(NC(C)CO)C(=O)O. The Kier molecular flexibility index (Phi) is 4.20. The summed E-state index contributed by atoms with van der Waals surface area (Å²) < 4.78 is 0. The van der Waals surface area contributed by atoms with Crippen LogP contribution in [-0.2, 0) is 4.79 Å². The molecule has 0 bridgehead atoms. The summed E-state index contributed by atoms with van der Waals surface area (Å²) in [6.07, 6.45) is 0.493. The zero-order valence-corrected chi connectivity index (χ0v) is 7.79. The highest BCUT2D eigenvalue weighted by Gasteiger charge is 2.31. The van der Waals surface area contributed by atoms with Gasteiger partial charge in [0.1, 0.15) is 5.54 Å². The molecule has 2 unspecified atom stereocenters. The zero-order valence-electron chi connectivity index (χ0n) is 7.79. The monoisotopic (exact) mass is 175 g/mol. The fourth-order valence-electron chi connectivity index (χ4n) is 0.904. The van der Waals surface area contributed by atoms with Crippen molar-refractivity contribution in [3.05, 3.63) is 0 Å². The van der Waals surface area contributed by atoms with Gasteiger partial charge in [0, 0.05) is 6.04 Å². The van der Waals surface area contributed by atoms with Gasteiger partial charge >= 0.3 is 5.97 Å². The maximum absolute atomic E-state index is 10.8. The van der Waals surface area contributed by atoms with Crippen molar-refractivity contribution < 1.29 is 15.0 Å². The molecule has 4 heteroatoms. The Labute approximate surface area is 72.6 Å². The maximum atomic E-state index is 10.8. The standard InChI is InChI=1S/C8H17NO3/c1-4-8(3,7(11)12)9-6(2)5-10/h6,9-10H,4-5H2,1-3H3,(H,11,12). The normalized spacial score (nSPS) is 18.3. The van der Waals surface area contributed by atoms with Crippen LogP contribution >= 0.6 is 0 Å². The maximum Gasteiger partial charge on any atom is 0.323 e. The lowest BCUT2D eigenvalue weighted by molar-refractivity contribution is -0.144. The fraction of sp³-hybridized carbons (Fsp3) is 0.875. The van der Waals surface area contributed by atoms with Crippen molar-refractivity contribution in [3.8, 4) is 0 Å². The summed E-state index contributed by atoms with van der Waals surface area (Å²) in [6, 6.07) is -0.189. The van der Waals surface area contributed by atoms with Gasteiger partial charge in [0.05, 0.1) is 6.61 Å². The van der Waals surface area contributed by atoms with Crippen LogP contribution in [0.15, 0.2) is 0 Å². The number of aliphatic hydroxyl groups is 1. The van der Waals surface area contributed by atoms with E-state index in [1.54, 1.807) is 20.8 Å². The van der Waals surface area contributed by atoms with Crippen LogP contribution in [0, 0.1) is 0 Å². The molecule has 72 valence electrons. The fourth-order valence-corrected chi connectivity index (χ4v) is 0.904. The number of carboxylic acid groups (broad SMARTS) is 1. The Bertz CT molecular complexity index is 160. The minimum Gasteiger partial charge on any atom is -0.480 e. The van der Waals surface area contributed by atoms with Crippen LogP contribution in [0.4, 0.5) is 0 Å². The lowest BCUT2D eigenvalue weighted by atomic mass is 9.98. The molecule has 0 aromatic heterocycles. The Balaban J connectivity index is 4.23. The largest absolute Gasteiger partial charge is 0.480 e. The van der Waals surface area contributed by atoms with Crippen LogP contribution in [0.3, 0.4) is 0 Å². The van der Waals surface area contributed by atoms with Crippen molar-refractivity contribution in [2.24, 2.45) is 0 Å². The van der Waals surface area contributed by atoms with Crippen molar-refractivity contribution in [1.82, 2.24) is 5.32 Å². The van der Waals surface area contributed by atoms with E-state index in [4.69, 9.17) is 10.2 Å². The summed E-state index contributed by atoms with van der Waals surface area (Å²) in [5.41, 5.74) is -0.928. The van der Waals surface area contributed by atoms with Crippen LogP contribution in [0.25, 0.3) is 0 Å². The summed E-state index contributed by atoms with van der Waals surface area (Å²) in [4.78, 5) is 10.8. The molecular formula is C8H17NO3. The van der Waals surface area contributed by atoms with Gasteiger partial charge in [-0.05, 0) is 20.3 Å². The molecule has 0 spiro atoms. The van der Waals surface area contributed by atoms with Gasteiger partial charge in [-0.2, -0.15) is 0 Å². The van der Waals surface area contributed by atoms with Crippen molar-refractivity contribution in [3.63, 3.8) is 0 Å². The van der Waals surface area contributed by atoms with E-state index < -0.39 is 11.5 Å². The van der Waals surface area contributed by atoms with Gasteiger partial charge in [0.15, 0.2) is 0 Å². The molecule has 0 aromatic carbocycles. The Morgan fingerprint density at radius 2 is 2.17 bits per heavy atom. The summed E-state index contributed by atoms with van der Waals surface area (Å²) >= 11 is 0. The Morgan fingerprint density at radius 3 is 2.42 bits per heavy atom. The van der Waals surface area contributed by atoms with Gasteiger partial charge < -0.3 is 10.2 Å². The Hall–Kier alpha value is -0.610. The third-order valence-corrected chi connectivity index (χ3v) is 2.02. The molecular weight excluding hydrogens is 158 g/mol. The number of carboxylic acids is 1. The third-order valence-electron chi connectivity index (χ3n) is 2.02. The first kappa shape index (κ1) is 11.4. The van der Waals surface area contributed by atoms with E-state index >= 15 is 0 Å². The van der Waals surface area contributed by atoms with Crippen LogP contribution in [0.2, 0.25) is 0 Å². The van der Waals surface area contributed by atoms with E-state index in [-0.39, 0.29) is 12.6 Å². The third kappa shape index (κ3) is 2.79. The van der Waals surface area contributed by atoms with Crippen molar-refractivity contribution in [2.45, 2.75) is 38.8 Å². The van der Waals surface area contributed by atoms with Gasteiger partial charge in [-0.15, -0.1) is 0 Å². The number of carbonyl (C=O) groups is 1. The van der Waals surface area contributed by atoms with Crippen molar-refractivity contribution in [2.75, 3.05) is 6.61 Å². The van der Waals surface area contributed by atoms with Gasteiger partial charge in [-0.1, -0.05) is 6.92 Å². The van der Waals surface area contributed by atoms with Crippen molar-refractivity contribution >= 4 is 5.97 Å². The van der Waals surface area contributed by atoms with Gasteiger partial charge in [0.2, 0.25) is 0 Å². The van der Waals surface area contributed by atoms with Gasteiger partial charge in [0.25, 0.3) is 0 Å². The Morgan fingerprint density at radius 1 is 1.67 bits per heavy atom. The number of hydrogen-bond donors (Lipinski definition) is 3. The minimum atomic E-state index is -0.928. The molecule has 0 heterocycles. The molecule has 12 heavy (non-hydrogen) atoms. The quantitative estimate of drug-likeness (QED) is 0.558.